The van der Waals surface area contributed by atoms with Crippen molar-refractivity contribution in [2.75, 3.05) is 17.7 Å². The number of phenolic OH excluding ortho intramolecular Hbond substituents is 2. The van der Waals surface area contributed by atoms with Gasteiger partial charge in [-0.2, -0.15) is 10.2 Å². The predicted octanol–water partition coefficient (Wildman–Crippen LogP) is 8.35. The Kier molecular flexibility index (Phi) is 9.00. The number of carbonyl (C=O) groups excluding carboxylic acids is 2. The quantitative estimate of drug-likeness (QED) is 0.0503. The van der Waals surface area contributed by atoms with Gasteiger partial charge in [0, 0.05) is 11.4 Å². The fourth-order valence-electron chi connectivity index (χ4n) is 5.06. The molecule has 9 heteroatoms. The van der Waals surface area contributed by atoms with Gasteiger partial charge in [-0.25, -0.2) is 0 Å². The molecule has 0 fully saturated rings. The Bertz CT molecular complexity index is 1660. The van der Waals surface area contributed by atoms with Crippen LogP contribution in [0.25, 0.3) is 0 Å². The topological polar surface area (TPSA) is 147 Å². The van der Waals surface area contributed by atoms with Crippen LogP contribution in [0.1, 0.15) is 77.3 Å². The second-order valence-electron chi connectivity index (χ2n) is 10.4. The highest BCUT2D eigenvalue weighted by Crippen LogP contribution is 2.42. The van der Waals surface area contributed by atoms with E-state index in [2.05, 4.69) is 22.5 Å². The Morgan fingerprint density at radius 1 is 0.674 bits per heavy atom. The molecule has 43 heavy (non-hydrogen) atoms. The van der Waals surface area contributed by atoms with Crippen LogP contribution in [0.5, 0.6) is 17.2 Å². The number of hydrogen-bond acceptors (Lipinski definition) is 9. The van der Waals surface area contributed by atoms with Gasteiger partial charge in [-0.05, 0) is 79.2 Å². The van der Waals surface area contributed by atoms with Crippen molar-refractivity contribution in [1.29, 1.82) is 0 Å². The van der Waals surface area contributed by atoms with E-state index in [1.54, 1.807) is 24.3 Å². The highest BCUT2D eigenvalue weighted by molar-refractivity contribution is 6.33. The molecule has 0 saturated heterocycles. The monoisotopic (exact) mass is 578 g/mol. The molecule has 0 aliphatic heterocycles. The first kappa shape index (κ1) is 29.3. The molecule has 0 atom stereocenters. The standard InChI is InChI=1S/C34H34N4O5/c1-2-3-4-5-6-7-20-43-24-14-12-23(13-15-24)38-37-22-10-8-21(9-11-22)36-26-17-19-28(40)32-30(26)34(42)31-27(39)18-16-25(35)29(31)33(32)41/h8-19,36,39-40H,2-7,20,35H2,1H3. The summed E-state index contributed by atoms with van der Waals surface area (Å²) in [6.07, 6.45) is 7.32. The number of benzene rings is 4. The number of nitrogens with one attached hydrogen (secondary N) is 1. The molecule has 5 N–H and O–H groups in total. The second-order valence-corrected chi connectivity index (χ2v) is 10.4. The van der Waals surface area contributed by atoms with Gasteiger partial charge in [-0.1, -0.05) is 39.0 Å². The summed E-state index contributed by atoms with van der Waals surface area (Å²) in [6.45, 7) is 2.92. The Morgan fingerprint density at radius 3 is 1.91 bits per heavy atom. The number of unbranched alkanes of at least 4 members (excludes halogenated alkanes) is 5. The van der Waals surface area contributed by atoms with E-state index in [-0.39, 0.29) is 39.4 Å². The minimum Gasteiger partial charge on any atom is -0.507 e. The fraction of sp³-hybridized carbons (Fsp3) is 0.235. The van der Waals surface area contributed by atoms with Crippen LogP contribution in [-0.2, 0) is 0 Å². The molecular formula is C34H34N4O5. The average Bonchev–Trinajstić information content (AvgIpc) is 3.01. The lowest BCUT2D eigenvalue weighted by molar-refractivity contribution is 0.0975. The Hall–Kier alpha value is -5.18. The first-order valence-corrected chi connectivity index (χ1v) is 14.5. The maximum absolute atomic E-state index is 13.4. The van der Waals surface area contributed by atoms with Crippen molar-refractivity contribution in [3.63, 3.8) is 0 Å². The lowest BCUT2D eigenvalue weighted by atomic mass is 9.81. The van der Waals surface area contributed by atoms with E-state index in [0.29, 0.717) is 29.4 Å². The number of ether oxygens (including phenoxy) is 1. The SMILES string of the molecule is CCCCCCCCOc1ccc(N=Nc2ccc(Nc3ccc(O)c4c3C(=O)c3c(O)ccc(N)c3C4=O)cc2)cc1. The van der Waals surface area contributed by atoms with Crippen LogP contribution < -0.4 is 15.8 Å². The fourth-order valence-corrected chi connectivity index (χ4v) is 5.06. The first-order valence-electron chi connectivity index (χ1n) is 14.5. The summed E-state index contributed by atoms with van der Waals surface area (Å²) in [6, 6.07) is 20.0. The molecule has 0 spiro atoms. The largest absolute Gasteiger partial charge is 0.507 e. The van der Waals surface area contributed by atoms with E-state index in [1.807, 2.05) is 24.3 Å². The Morgan fingerprint density at radius 2 is 1.23 bits per heavy atom. The summed E-state index contributed by atoms with van der Waals surface area (Å²) in [5, 5.41) is 32.6. The molecule has 0 saturated carbocycles. The molecule has 220 valence electrons. The number of fused-ring (bicyclic) bond motifs is 2. The van der Waals surface area contributed by atoms with E-state index in [4.69, 9.17) is 10.5 Å². The van der Waals surface area contributed by atoms with E-state index < -0.39 is 11.6 Å². The number of anilines is 3. The van der Waals surface area contributed by atoms with Crippen molar-refractivity contribution >= 4 is 40.0 Å². The third kappa shape index (κ3) is 6.51. The van der Waals surface area contributed by atoms with Crippen molar-refractivity contribution in [2.45, 2.75) is 45.4 Å². The number of phenols is 2. The zero-order valence-electron chi connectivity index (χ0n) is 24.0. The van der Waals surface area contributed by atoms with Gasteiger partial charge in [0.05, 0.1) is 45.9 Å². The van der Waals surface area contributed by atoms with Crippen LogP contribution in [0.2, 0.25) is 0 Å². The van der Waals surface area contributed by atoms with Gasteiger partial charge in [-0.15, -0.1) is 0 Å². The molecule has 4 aromatic carbocycles. The molecule has 4 aromatic rings. The van der Waals surface area contributed by atoms with Crippen LogP contribution in [0.4, 0.5) is 28.4 Å². The van der Waals surface area contributed by atoms with Crippen molar-refractivity contribution in [1.82, 2.24) is 0 Å². The third-order valence-corrected chi connectivity index (χ3v) is 7.34. The molecule has 0 aromatic heterocycles. The van der Waals surface area contributed by atoms with E-state index in [1.165, 1.54) is 56.4 Å². The molecule has 9 nitrogen and oxygen atoms in total. The summed E-state index contributed by atoms with van der Waals surface area (Å²) >= 11 is 0. The van der Waals surface area contributed by atoms with Gasteiger partial charge in [0.25, 0.3) is 0 Å². The Balaban J connectivity index is 1.23. The third-order valence-electron chi connectivity index (χ3n) is 7.34. The molecule has 0 bridgehead atoms. The number of hydrogen-bond donors (Lipinski definition) is 4. The molecule has 1 aliphatic carbocycles. The van der Waals surface area contributed by atoms with Gasteiger partial charge in [0.2, 0.25) is 11.6 Å². The summed E-state index contributed by atoms with van der Waals surface area (Å²) in [5.74, 6) is -1.14. The molecule has 0 unspecified atom stereocenters. The maximum Gasteiger partial charge on any atom is 0.200 e. The summed E-state index contributed by atoms with van der Waals surface area (Å²) in [4.78, 5) is 26.7. The minimum absolute atomic E-state index is 0.0402. The predicted molar refractivity (Wildman–Crippen MR) is 167 cm³/mol. The number of aromatic hydroxyl groups is 2. The normalized spacial score (nSPS) is 12.3. The zero-order valence-corrected chi connectivity index (χ0v) is 24.0. The summed E-state index contributed by atoms with van der Waals surface area (Å²) in [5.41, 5.74) is 7.71. The van der Waals surface area contributed by atoms with Crippen LogP contribution in [0.3, 0.4) is 0 Å². The van der Waals surface area contributed by atoms with E-state index >= 15 is 0 Å². The van der Waals surface area contributed by atoms with Crippen LogP contribution in [-0.4, -0.2) is 28.4 Å². The number of nitrogens with zero attached hydrogens (tertiary/aromatic N) is 2. The number of azo groups is 1. The average molecular weight is 579 g/mol. The van der Waals surface area contributed by atoms with Gasteiger partial charge < -0.3 is 26.0 Å². The van der Waals surface area contributed by atoms with Crippen LogP contribution in [0.15, 0.2) is 83.0 Å². The van der Waals surface area contributed by atoms with Crippen LogP contribution >= 0.6 is 0 Å². The molecule has 0 amide bonds. The summed E-state index contributed by atoms with van der Waals surface area (Å²) in [7, 11) is 0. The van der Waals surface area contributed by atoms with Crippen molar-refractivity contribution < 1.29 is 24.5 Å². The van der Waals surface area contributed by atoms with Crippen molar-refractivity contribution in [3.05, 3.63) is 95.1 Å². The van der Waals surface area contributed by atoms with Gasteiger partial charge in [0.15, 0.2) is 0 Å². The second kappa shape index (κ2) is 13.2. The molecular weight excluding hydrogens is 544 g/mol. The summed E-state index contributed by atoms with van der Waals surface area (Å²) < 4.78 is 5.82. The smallest absolute Gasteiger partial charge is 0.200 e. The van der Waals surface area contributed by atoms with Gasteiger partial charge >= 0.3 is 0 Å². The van der Waals surface area contributed by atoms with Crippen LogP contribution in [0, 0.1) is 0 Å². The number of nitrogens with two attached hydrogens (primary N) is 1. The zero-order chi connectivity index (χ0) is 30.3. The maximum atomic E-state index is 13.4. The lowest BCUT2D eigenvalue weighted by Gasteiger charge is -2.23. The minimum atomic E-state index is -0.632. The number of nitrogen functional groups attached to an aromatic ring is 1. The van der Waals surface area contributed by atoms with Gasteiger partial charge in [-0.3, -0.25) is 9.59 Å². The Labute approximate surface area is 250 Å². The number of carbonyl (C=O) groups is 2. The van der Waals surface area contributed by atoms with E-state index in [9.17, 15) is 19.8 Å². The molecule has 0 heterocycles. The van der Waals surface area contributed by atoms with E-state index in [0.717, 1.165) is 12.2 Å². The number of ketones is 2. The number of rotatable bonds is 12. The molecule has 0 radical (unpaired) electrons. The molecule has 5 rings (SSSR count). The van der Waals surface area contributed by atoms with Crippen molar-refractivity contribution in [2.24, 2.45) is 10.2 Å². The first-order chi connectivity index (χ1) is 20.9. The highest BCUT2D eigenvalue weighted by atomic mass is 16.5. The van der Waals surface area contributed by atoms with Gasteiger partial charge in [0.1, 0.15) is 17.2 Å². The van der Waals surface area contributed by atoms with Crippen molar-refractivity contribution in [3.8, 4) is 17.2 Å². The molecule has 1 aliphatic rings. The highest BCUT2D eigenvalue weighted by Gasteiger charge is 2.37. The lowest BCUT2D eigenvalue weighted by Crippen LogP contribution is -2.23.